The molecule has 0 aliphatic carbocycles. The van der Waals surface area contributed by atoms with Gasteiger partial charge in [0.15, 0.2) is 0 Å². The van der Waals surface area contributed by atoms with Gasteiger partial charge in [-0.3, -0.25) is 4.79 Å². The molecule has 2 rings (SSSR count). The molecule has 0 unspecified atom stereocenters. The minimum atomic E-state index is 0.000119. The maximum atomic E-state index is 12.1. The number of amides is 1. The Balaban J connectivity index is 2.18. The molecule has 0 saturated carbocycles. The molecular formula is C16H19NOS. The number of carbonyl (C=O) groups excluding carboxylic acids is 1. The van der Waals surface area contributed by atoms with Crippen molar-refractivity contribution in [2.24, 2.45) is 0 Å². The molecule has 0 fully saturated rings. The van der Waals surface area contributed by atoms with E-state index in [2.05, 4.69) is 38.2 Å². The summed E-state index contributed by atoms with van der Waals surface area (Å²) in [6.45, 7) is 8.34. The van der Waals surface area contributed by atoms with Crippen LogP contribution in [0.5, 0.6) is 0 Å². The first kappa shape index (κ1) is 13.8. The molecule has 1 N–H and O–H groups in total. The quantitative estimate of drug-likeness (QED) is 0.893. The van der Waals surface area contributed by atoms with E-state index in [1.807, 2.05) is 24.4 Å². The lowest BCUT2D eigenvalue weighted by molar-refractivity contribution is 0.0944. The van der Waals surface area contributed by atoms with Crippen LogP contribution in [0.4, 0.5) is 0 Å². The van der Waals surface area contributed by atoms with E-state index >= 15 is 0 Å². The van der Waals surface area contributed by atoms with Crippen LogP contribution in [0.3, 0.4) is 0 Å². The normalized spacial score (nSPS) is 12.2. The van der Waals surface area contributed by atoms with Crippen LogP contribution in [-0.2, 0) is 0 Å². The lowest BCUT2D eigenvalue weighted by Gasteiger charge is -2.18. The van der Waals surface area contributed by atoms with Gasteiger partial charge in [0.05, 0.1) is 10.9 Å². The van der Waals surface area contributed by atoms with Crippen molar-refractivity contribution in [2.75, 3.05) is 0 Å². The van der Waals surface area contributed by atoms with Crippen LogP contribution in [0.25, 0.3) is 0 Å². The van der Waals surface area contributed by atoms with E-state index in [0.29, 0.717) is 0 Å². The average Bonchev–Trinajstić information content (AvgIpc) is 2.87. The van der Waals surface area contributed by atoms with Crippen molar-refractivity contribution in [2.45, 2.75) is 33.7 Å². The smallest absolute Gasteiger partial charge is 0.261 e. The van der Waals surface area contributed by atoms with Crippen molar-refractivity contribution in [3.8, 4) is 0 Å². The molecule has 3 heteroatoms. The Morgan fingerprint density at radius 3 is 2.47 bits per heavy atom. The number of hydrogen-bond donors (Lipinski definition) is 1. The van der Waals surface area contributed by atoms with Gasteiger partial charge in [0.25, 0.3) is 5.91 Å². The van der Waals surface area contributed by atoms with Crippen LogP contribution in [0.1, 0.15) is 44.9 Å². The van der Waals surface area contributed by atoms with Crippen LogP contribution < -0.4 is 5.32 Å². The van der Waals surface area contributed by atoms with Crippen molar-refractivity contribution in [3.05, 3.63) is 56.8 Å². The largest absolute Gasteiger partial charge is 0.345 e. The Kier molecular flexibility index (Phi) is 4.05. The molecule has 0 bridgehead atoms. The Labute approximate surface area is 118 Å². The molecule has 0 radical (unpaired) electrons. The first-order chi connectivity index (χ1) is 8.99. The van der Waals surface area contributed by atoms with Gasteiger partial charge in [-0.25, -0.2) is 0 Å². The summed E-state index contributed by atoms with van der Waals surface area (Å²) < 4.78 is 0. The molecular weight excluding hydrogens is 254 g/mol. The lowest BCUT2D eigenvalue weighted by atomic mass is 9.96. The summed E-state index contributed by atoms with van der Waals surface area (Å²) in [7, 11) is 0. The summed E-state index contributed by atoms with van der Waals surface area (Å²) in [5, 5.41) is 4.98. The highest BCUT2D eigenvalue weighted by Gasteiger charge is 2.14. The van der Waals surface area contributed by atoms with E-state index in [1.165, 1.54) is 33.6 Å². The highest BCUT2D eigenvalue weighted by atomic mass is 32.1. The molecule has 1 atom stereocenters. The number of carbonyl (C=O) groups is 1. The van der Waals surface area contributed by atoms with Crippen LogP contribution in [0.2, 0.25) is 0 Å². The van der Waals surface area contributed by atoms with Gasteiger partial charge in [-0.1, -0.05) is 18.2 Å². The summed E-state index contributed by atoms with van der Waals surface area (Å²) >= 11 is 1.47. The minimum Gasteiger partial charge on any atom is -0.345 e. The molecule has 0 aliphatic heterocycles. The number of benzene rings is 1. The zero-order chi connectivity index (χ0) is 14.0. The molecule has 1 aromatic heterocycles. The Hall–Kier alpha value is -1.61. The molecule has 0 aliphatic rings. The maximum Gasteiger partial charge on any atom is 0.261 e. The van der Waals surface area contributed by atoms with Gasteiger partial charge < -0.3 is 5.32 Å². The Bertz CT molecular complexity index is 587. The number of thiophene rings is 1. The fraction of sp³-hybridized carbons (Fsp3) is 0.312. The summed E-state index contributed by atoms with van der Waals surface area (Å²) in [6, 6.07) is 8.11. The summed E-state index contributed by atoms with van der Waals surface area (Å²) in [6.07, 6.45) is 0. The van der Waals surface area contributed by atoms with E-state index in [0.717, 1.165) is 4.88 Å². The molecule has 0 spiro atoms. The maximum absolute atomic E-state index is 12.1. The number of nitrogens with one attached hydrogen (secondary N) is 1. The summed E-state index contributed by atoms with van der Waals surface area (Å²) in [5.41, 5.74) is 4.96. The van der Waals surface area contributed by atoms with E-state index in [9.17, 15) is 4.79 Å². The second-order valence-electron chi connectivity index (χ2n) is 4.97. The van der Waals surface area contributed by atoms with Crippen LogP contribution >= 0.6 is 11.3 Å². The van der Waals surface area contributed by atoms with Crippen molar-refractivity contribution in [1.29, 1.82) is 0 Å². The van der Waals surface area contributed by atoms with Gasteiger partial charge in [0.2, 0.25) is 0 Å². The number of rotatable bonds is 3. The first-order valence-electron chi connectivity index (χ1n) is 6.41. The second kappa shape index (κ2) is 5.57. The third-order valence-electron chi connectivity index (χ3n) is 3.44. The van der Waals surface area contributed by atoms with Gasteiger partial charge in [0.1, 0.15) is 0 Å². The van der Waals surface area contributed by atoms with Gasteiger partial charge in [0, 0.05) is 0 Å². The van der Waals surface area contributed by atoms with Crippen molar-refractivity contribution < 1.29 is 4.79 Å². The molecule has 1 aromatic carbocycles. The third kappa shape index (κ3) is 3.04. The van der Waals surface area contributed by atoms with Crippen LogP contribution in [0, 0.1) is 20.8 Å². The third-order valence-corrected chi connectivity index (χ3v) is 4.31. The van der Waals surface area contributed by atoms with E-state index < -0.39 is 0 Å². The predicted octanol–water partition coefficient (Wildman–Crippen LogP) is 4.16. The molecule has 1 heterocycles. The van der Waals surface area contributed by atoms with E-state index in [1.54, 1.807) is 0 Å². The van der Waals surface area contributed by atoms with Crippen molar-refractivity contribution in [1.82, 2.24) is 5.32 Å². The molecule has 2 aromatic rings. The van der Waals surface area contributed by atoms with E-state index in [4.69, 9.17) is 0 Å². The van der Waals surface area contributed by atoms with E-state index in [-0.39, 0.29) is 11.9 Å². The molecule has 0 saturated heterocycles. The molecule has 2 nitrogen and oxygen atoms in total. The topological polar surface area (TPSA) is 29.1 Å². The minimum absolute atomic E-state index is 0.000119. The van der Waals surface area contributed by atoms with Gasteiger partial charge >= 0.3 is 0 Å². The second-order valence-corrected chi connectivity index (χ2v) is 5.91. The Morgan fingerprint density at radius 2 is 1.84 bits per heavy atom. The van der Waals surface area contributed by atoms with Crippen molar-refractivity contribution >= 4 is 17.2 Å². The standard InChI is InChI=1S/C16H19NOS/c1-10-8-12(3)14(9-11(10)2)13(4)17-16(18)15-6-5-7-19-15/h5-9,13H,1-4H3,(H,17,18)/t13-/m0/s1. The highest BCUT2D eigenvalue weighted by Crippen LogP contribution is 2.22. The lowest BCUT2D eigenvalue weighted by Crippen LogP contribution is -2.26. The van der Waals surface area contributed by atoms with Gasteiger partial charge in [-0.05, 0) is 61.4 Å². The van der Waals surface area contributed by atoms with Crippen LogP contribution in [0.15, 0.2) is 29.6 Å². The first-order valence-corrected chi connectivity index (χ1v) is 7.29. The van der Waals surface area contributed by atoms with Crippen molar-refractivity contribution in [3.63, 3.8) is 0 Å². The zero-order valence-corrected chi connectivity index (χ0v) is 12.6. The monoisotopic (exact) mass is 273 g/mol. The van der Waals surface area contributed by atoms with Gasteiger partial charge in [-0.15, -0.1) is 11.3 Å². The zero-order valence-electron chi connectivity index (χ0n) is 11.8. The highest BCUT2D eigenvalue weighted by molar-refractivity contribution is 7.12. The Morgan fingerprint density at radius 1 is 1.16 bits per heavy atom. The predicted molar refractivity (Wildman–Crippen MR) is 80.9 cm³/mol. The number of aryl methyl sites for hydroxylation is 3. The SMILES string of the molecule is Cc1cc(C)c([C@H](C)NC(=O)c2cccs2)cc1C. The summed E-state index contributed by atoms with van der Waals surface area (Å²) in [5.74, 6) is 0.000119. The molecule has 19 heavy (non-hydrogen) atoms. The molecule has 1 amide bonds. The summed E-state index contributed by atoms with van der Waals surface area (Å²) in [4.78, 5) is 12.8. The van der Waals surface area contributed by atoms with Gasteiger partial charge in [-0.2, -0.15) is 0 Å². The fourth-order valence-corrected chi connectivity index (χ4v) is 2.83. The number of hydrogen-bond acceptors (Lipinski definition) is 2. The van der Waals surface area contributed by atoms with Crippen LogP contribution in [-0.4, -0.2) is 5.91 Å². The average molecular weight is 273 g/mol. The molecule has 100 valence electrons. The fourth-order valence-electron chi connectivity index (χ4n) is 2.20.